The normalized spacial score (nSPS) is 27.1. The fraction of sp³-hybridized carbons (Fsp3) is 0.934. The van der Waals surface area contributed by atoms with E-state index in [-0.39, 0.29) is 18.9 Å². The van der Waals surface area contributed by atoms with Crippen LogP contribution in [0.3, 0.4) is 0 Å². The molecule has 99 heavy (non-hydrogen) atoms. The molecule has 2 amide bonds. The van der Waals surface area contributed by atoms with E-state index in [1.165, 1.54) is 186 Å². The number of rotatable bonds is 62. The van der Waals surface area contributed by atoms with Crippen LogP contribution in [-0.2, 0) is 42.8 Å². The van der Waals surface area contributed by atoms with E-state index >= 15 is 0 Å². The van der Waals surface area contributed by atoms with Crippen LogP contribution in [0.5, 0.6) is 0 Å². The van der Waals surface area contributed by atoms with Gasteiger partial charge in [-0.15, -0.1) is 0 Å². The number of hydrogen-bond acceptors (Lipinski definition) is 20. The first-order valence-corrected chi connectivity index (χ1v) is 39.5. The van der Waals surface area contributed by atoms with Crippen LogP contribution in [0.15, 0.2) is 12.2 Å². The Hall–Kier alpha value is -2.53. The summed E-state index contributed by atoms with van der Waals surface area (Å²) >= 11 is 0. The van der Waals surface area contributed by atoms with Gasteiger partial charge in [0.1, 0.15) is 67.1 Å². The molecule has 0 aromatic rings. The monoisotopic (exact) mass is 1420 g/mol. The number of carboxylic acid groups (broad SMARTS) is 1. The first kappa shape index (κ1) is 90.7. The van der Waals surface area contributed by atoms with Crippen LogP contribution in [0.25, 0.3) is 0 Å². The standard InChI is InChI=1S/C76H142N2O21/c1-4-6-8-10-12-14-16-18-20-22-24-26-28-30-32-34-36-38-40-42-44-46-48-50-63(86)78-57(58(83)49-47-45-43-41-39-37-35-33-31-29-27-25-23-21-19-17-15-13-11-9-7-5-2)55-94-73-68(90)67(89)70(62(54-81)96-73)97-74-69(91)72(66(88)61(53-80)95-74)99-76(75(92)93)51-59(84)64(77-56(3)82)71(98-76)65(87)60(85)52-79/h30,32,57-62,64-74,79-81,83-85,87-91H,4-29,31,33-55H2,1-3H3,(H,77,82)(H,78,86)(H,92,93)/b32-30-. The zero-order valence-electron chi connectivity index (χ0n) is 61.4. The van der Waals surface area contributed by atoms with Crippen molar-refractivity contribution in [3.8, 4) is 0 Å². The molecular formula is C76H142N2O21. The van der Waals surface area contributed by atoms with Crippen LogP contribution in [0.1, 0.15) is 316 Å². The third kappa shape index (κ3) is 36.8. The molecule has 14 N–H and O–H groups in total. The summed E-state index contributed by atoms with van der Waals surface area (Å²) in [5.74, 6) is -6.10. The molecule has 3 aliphatic heterocycles. The number of nitrogens with one attached hydrogen (secondary N) is 2. The summed E-state index contributed by atoms with van der Waals surface area (Å²) in [6, 6.07) is -2.53. The minimum atomic E-state index is -3.08. The maximum atomic E-state index is 13.5. The van der Waals surface area contributed by atoms with Crippen molar-refractivity contribution in [2.75, 3.05) is 26.4 Å². The molecule has 3 saturated heterocycles. The third-order valence-electron chi connectivity index (χ3n) is 20.2. The average Bonchev–Trinajstić information content (AvgIpc) is 0.757. The fourth-order valence-corrected chi connectivity index (χ4v) is 13.9. The van der Waals surface area contributed by atoms with Gasteiger partial charge in [-0.3, -0.25) is 9.59 Å². The van der Waals surface area contributed by atoms with E-state index in [0.717, 1.165) is 84.0 Å². The van der Waals surface area contributed by atoms with E-state index in [0.29, 0.717) is 19.3 Å². The Bertz CT molecular complexity index is 2030. The van der Waals surface area contributed by atoms with Gasteiger partial charge in [-0.2, -0.15) is 0 Å². The summed E-state index contributed by atoms with van der Waals surface area (Å²) in [5, 5.41) is 137. The first-order valence-electron chi connectivity index (χ1n) is 39.5. The molecule has 3 aliphatic rings. The topological polar surface area (TPSA) is 373 Å². The quantitative estimate of drug-likeness (QED) is 0.0199. The van der Waals surface area contributed by atoms with Gasteiger partial charge in [0.2, 0.25) is 11.8 Å². The lowest BCUT2D eigenvalue weighted by molar-refractivity contribution is -0.386. The van der Waals surface area contributed by atoms with E-state index < -0.39 is 148 Å². The number of amides is 2. The van der Waals surface area contributed by atoms with Crippen molar-refractivity contribution >= 4 is 17.8 Å². The summed E-state index contributed by atoms with van der Waals surface area (Å²) in [7, 11) is 0. The second-order valence-corrected chi connectivity index (χ2v) is 28.9. The molecule has 3 rings (SSSR count). The van der Waals surface area contributed by atoms with Crippen LogP contribution in [0.4, 0.5) is 0 Å². The predicted molar refractivity (Wildman–Crippen MR) is 380 cm³/mol. The number of aliphatic carboxylic acids is 1. The summed E-state index contributed by atoms with van der Waals surface area (Å²) in [5.41, 5.74) is 0. The van der Waals surface area contributed by atoms with Crippen LogP contribution in [0, 0.1) is 0 Å². The van der Waals surface area contributed by atoms with Gasteiger partial charge in [-0.1, -0.05) is 270 Å². The molecule has 18 atom stereocenters. The zero-order valence-corrected chi connectivity index (χ0v) is 61.4. The molecular weight excluding hydrogens is 1280 g/mol. The van der Waals surface area contributed by atoms with Crippen LogP contribution in [0.2, 0.25) is 0 Å². The number of hydrogen-bond donors (Lipinski definition) is 14. The zero-order chi connectivity index (χ0) is 72.5. The molecule has 3 fully saturated rings. The molecule has 0 saturated carbocycles. The minimum Gasteiger partial charge on any atom is -0.477 e. The Kier molecular flexibility index (Phi) is 51.2. The maximum absolute atomic E-state index is 13.5. The fourth-order valence-electron chi connectivity index (χ4n) is 13.9. The van der Waals surface area contributed by atoms with E-state index in [2.05, 4.69) is 36.6 Å². The Morgan fingerprint density at radius 3 is 1.36 bits per heavy atom. The average molecular weight is 1420 g/mol. The van der Waals surface area contributed by atoms with Gasteiger partial charge in [0.25, 0.3) is 5.79 Å². The highest BCUT2D eigenvalue weighted by Gasteiger charge is 2.60. The van der Waals surface area contributed by atoms with Crippen molar-refractivity contribution in [1.29, 1.82) is 0 Å². The summed E-state index contributed by atoms with van der Waals surface area (Å²) < 4.78 is 35.0. The van der Waals surface area contributed by atoms with Gasteiger partial charge < -0.3 is 100 Å². The van der Waals surface area contributed by atoms with E-state index in [9.17, 15) is 75.7 Å². The molecule has 3 heterocycles. The second-order valence-electron chi connectivity index (χ2n) is 28.9. The Balaban J connectivity index is 1.53. The second kappa shape index (κ2) is 55.9. The molecule has 23 heteroatoms. The number of carbonyl (C=O) groups is 3. The molecule has 0 aliphatic carbocycles. The lowest BCUT2D eigenvalue weighted by Crippen LogP contribution is -2.70. The number of unbranched alkanes of at least 4 members (excludes halogenated alkanes) is 40. The molecule has 0 aromatic carbocycles. The largest absolute Gasteiger partial charge is 0.477 e. The highest BCUT2D eigenvalue weighted by atomic mass is 16.8. The van der Waals surface area contributed by atoms with Gasteiger partial charge in [-0.25, -0.2) is 4.79 Å². The van der Waals surface area contributed by atoms with Crippen molar-refractivity contribution in [1.82, 2.24) is 10.6 Å². The van der Waals surface area contributed by atoms with Crippen molar-refractivity contribution in [2.24, 2.45) is 0 Å². The predicted octanol–water partition coefficient (Wildman–Crippen LogP) is 9.80. The van der Waals surface area contributed by atoms with Gasteiger partial charge in [0, 0.05) is 19.8 Å². The van der Waals surface area contributed by atoms with Gasteiger partial charge in [-0.05, 0) is 38.5 Å². The molecule has 0 bridgehead atoms. The number of aliphatic hydroxyl groups excluding tert-OH is 11. The van der Waals surface area contributed by atoms with E-state index in [1.807, 2.05) is 0 Å². The number of ether oxygens (including phenoxy) is 6. The SMILES string of the molecule is CCCCCCCCCCCCCC/C=C\CCCCCCCCCC(=O)NC(COC1OC(CO)C(OC2OC(CO)C(O)C(OC3(C(=O)O)CC(O)C(NC(C)=O)C(C(O)C(O)CO)O3)C2O)C(O)C1O)C(O)CCCCCCCCCCCCCCCCCCCCCCCC. The minimum absolute atomic E-state index is 0.221. The summed E-state index contributed by atoms with van der Waals surface area (Å²) in [4.78, 5) is 38.7. The van der Waals surface area contributed by atoms with Crippen LogP contribution >= 0.6 is 0 Å². The highest BCUT2D eigenvalue weighted by Crippen LogP contribution is 2.39. The van der Waals surface area contributed by atoms with Crippen LogP contribution < -0.4 is 10.6 Å². The molecule has 0 spiro atoms. The highest BCUT2D eigenvalue weighted by molar-refractivity contribution is 5.77. The number of aliphatic hydroxyl groups is 11. The van der Waals surface area contributed by atoms with Gasteiger partial charge >= 0.3 is 5.97 Å². The molecule has 582 valence electrons. The lowest BCUT2D eigenvalue weighted by Gasteiger charge is -2.50. The van der Waals surface area contributed by atoms with Crippen molar-refractivity contribution in [3.05, 3.63) is 12.2 Å². The van der Waals surface area contributed by atoms with Crippen LogP contribution in [-0.4, -0.2) is 215 Å². The van der Waals surface area contributed by atoms with Crippen molar-refractivity contribution < 1.29 is 104 Å². The smallest absolute Gasteiger partial charge is 0.364 e. The number of allylic oxidation sites excluding steroid dienone is 2. The number of carbonyl (C=O) groups excluding carboxylic acids is 2. The van der Waals surface area contributed by atoms with Gasteiger partial charge in [0.15, 0.2) is 12.6 Å². The Morgan fingerprint density at radius 1 is 0.515 bits per heavy atom. The first-order chi connectivity index (χ1) is 47.9. The van der Waals surface area contributed by atoms with E-state index in [1.54, 1.807) is 0 Å². The summed E-state index contributed by atoms with van der Waals surface area (Å²) in [6.45, 7) is 2.25. The van der Waals surface area contributed by atoms with Crippen molar-refractivity contribution in [3.63, 3.8) is 0 Å². The lowest BCUT2D eigenvalue weighted by atomic mass is 9.88. The van der Waals surface area contributed by atoms with E-state index in [4.69, 9.17) is 28.4 Å². The Morgan fingerprint density at radius 2 is 0.939 bits per heavy atom. The molecule has 0 aromatic heterocycles. The molecule has 23 nitrogen and oxygen atoms in total. The summed E-state index contributed by atoms with van der Waals surface area (Å²) in [6.07, 6.45) is 29.1. The number of carboxylic acids is 1. The molecule has 18 unspecified atom stereocenters. The third-order valence-corrected chi connectivity index (χ3v) is 20.2. The molecule has 0 radical (unpaired) electrons. The Labute approximate surface area is 594 Å². The maximum Gasteiger partial charge on any atom is 0.364 e. The van der Waals surface area contributed by atoms with Gasteiger partial charge in [0.05, 0.1) is 50.7 Å². The van der Waals surface area contributed by atoms with Crippen molar-refractivity contribution in [2.45, 2.75) is 426 Å².